The molecule has 0 aliphatic rings. The summed E-state index contributed by atoms with van der Waals surface area (Å²) in [5.41, 5.74) is 7.01. The van der Waals surface area contributed by atoms with Crippen LogP contribution >= 0.6 is 0 Å². The lowest BCUT2D eigenvalue weighted by Crippen LogP contribution is -2.27. The number of hydrogen-bond donors (Lipinski definition) is 1. The van der Waals surface area contributed by atoms with Gasteiger partial charge in [0, 0.05) is 6.54 Å². The molecule has 1 aromatic heterocycles. The van der Waals surface area contributed by atoms with E-state index in [2.05, 4.69) is 13.8 Å². The normalized spacial score (nSPS) is 13.1. The molecule has 1 aromatic rings. The summed E-state index contributed by atoms with van der Waals surface area (Å²) < 4.78 is 3.79. The van der Waals surface area contributed by atoms with E-state index in [-0.39, 0.29) is 11.6 Å². The van der Waals surface area contributed by atoms with Gasteiger partial charge < -0.3 is 5.73 Å². The van der Waals surface area contributed by atoms with E-state index in [1.54, 1.807) is 4.68 Å². The minimum absolute atomic E-state index is 0.0460. The molecule has 4 nitrogen and oxygen atoms in total. The molecule has 1 atom stereocenters. The van der Waals surface area contributed by atoms with Crippen molar-refractivity contribution < 1.29 is 0 Å². The zero-order chi connectivity index (χ0) is 11.6. The van der Waals surface area contributed by atoms with E-state index in [0.29, 0.717) is 5.69 Å². The predicted octanol–water partition coefficient (Wildman–Crippen LogP) is 1.92. The van der Waals surface area contributed by atoms with Crippen LogP contribution in [0.1, 0.15) is 45.3 Å². The first-order valence-corrected chi connectivity index (χ1v) is 5.61. The Morgan fingerprint density at radius 3 is 2.47 bits per heavy atom. The SMILES string of the molecule is CCCn1c(C)c(N)c(=O)n1C(C)CC. The standard InChI is InChI=1S/C11H21N3O/c1-5-7-13-9(4)10(12)11(15)14(13)8(3)6-2/h8H,5-7,12H2,1-4H3. The second kappa shape index (κ2) is 4.55. The molecule has 1 unspecified atom stereocenters. The van der Waals surface area contributed by atoms with Gasteiger partial charge >= 0.3 is 0 Å². The highest BCUT2D eigenvalue weighted by Crippen LogP contribution is 2.14. The van der Waals surface area contributed by atoms with Crippen molar-refractivity contribution in [2.24, 2.45) is 0 Å². The Balaban J connectivity index is 3.34. The smallest absolute Gasteiger partial charge is 0.290 e. The van der Waals surface area contributed by atoms with E-state index < -0.39 is 0 Å². The van der Waals surface area contributed by atoms with Gasteiger partial charge in [0.05, 0.1) is 11.7 Å². The van der Waals surface area contributed by atoms with Crippen molar-refractivity contribution in [3.63, 3.8) is 0 Å². The molecule has 0 bridgehead atoms. The molecule has 0 spiro atoms. The van der Waals surface area contributed by atoms with Gasteiger partial charge in [0.25, 0.3) is 5.56 Å². The summed E-state index contributed by atoms with van der Waals surface area (Å²) >= 11 is 0. The highest BCUT2D eigenvalue weighted by molar-refractivity contribution is 5.40. The molecule has 4 heteroatoms. The molecule has 0 aromatic carbocycles. The third kappa shape index (κ3) is 1.94. The van der Waals surface area contributed by atoms with Crippen LogP contribution in [0.3, 0.4) is 0 Å². The number of nitrogens with zero attached hydrogens (tertiary/aromatic N) is 2. The third-order valence-electron chi connectivity index (χ3n) is 2.92. The monoisotopic (exact) mass is 211 g/mol. The van der Waals surface area contributed by atoms with Gasteiger partial charge in [-0.2, -0.15) is 0 Å². The minimum Gasteiger partial charge on any atom is -0.393 e. The van der Waals surface area contributed by atoms with E-state index in [9.17, 15) is 4.79 Å². The lowest BCUT2D eigenvalue weighted by molar-refractivity contribution is 0.365. The maximum absolute atomic E-state index is 11.9. The second-order valence-corrected chi connectivity index (χ2v) is 4.03. The van der Waals surface area contributed by atoms with Gasteiger partial charge in [-0.3, -0.25) is 9.48 Å². The van der Waals surface area contributed by atoms with Crippen LogP contribution in [-0.4, -0.2) is 9.36 Å². The largest absolute Gasteiger partial charge is 0.393 e. The average Bonchev–Trinajstić information content (AvgIpc) is 2.44. The Hall–Kier alpha value is -1.19. The van der Waals surface area contributed by atoms with Crippen molar-refractivity contribution in [3.8, 4) is 0 Å². The van der Waals surface area contributed by atoms with Gasteiger partial charge in [0.15, 0.2) is 0 Å². The lowest BCUT2D eigenvalue weighted by Gasteiger charge is -2.17. The summed E-state index contributed by atoms with van der Waals surface area (Å²) in [7, 11) is 0. The van der Waals surface area contributed by atoms with E-state index in [0.717, 1.165) is 25.1 Å². The third-order valence-corrected chi connectivity index (χ3v) is 2.92. The Bertz CT molecular complexity index is 389. The van der Waals surface area contributed by atoms with Crippen molar-refractivity contribution in [2.45, 2.75) is 53.1 Å². The topological polar surface area (TPSA) is 52.9 Å². The van der Waals surface area contributed by atoms with Crippen molar-refractivity contribution in [3.05, 3.63) is 16.0 Å². The highest BCUT2D eigenvalue weighted by atomic mass is 16.1. The van der Waals surface area contributed by atoms with E-state index >= 15 is 0 Å². The van der Waals surface area contributed by atoms with Crippen LogP contribution in [0.4, 0.5) is 5.69 Å². The number of aromatic nitrogens is 2. The summed E-state index contributed by atoms with van der Waals surface area (Å²) in [5, 5.41) is 0. The molecule has 0 aliphatic carbocycles. The number of nitrogens with two attached hydrogens (primary N) is 1. The fraction of sp³-hybridized carbons (Fsp3) is 0.727. The van der Waals surface area contributed by atoms with Gasteiger partial charge in [0.2, 0.25) is 0 Å². The first kappa shape index (κ1) is 11.9. The second-order valence-electron chi connectivity index (χ2n) is 4.03. The molecule has 86 valence electrons. The quantitative estimate of drug-likeness (QED) is 0.827. The number of nitrogen functional groups attached to an aromatic ring is 1. The van der Waals surface area contributed by atoms with Crippen LogP contribution in [0.25, 0.3) is 0 Å². The highest BCUT2D eigenvalue weighted by Gasteiger charge is 2.16. The molecule has 0 amide bonds. The van der Waals surface area contributed by atoms with Crippen molar-refractivity contribution in [1.29, 1.82) is 0 Å². The van der Waals surface area contributed by atoms with Crippen LogP contribution < -0.4 is 11.3 Å². The van der Waals surface area contributed by atoms with Gasteiger partial charge in [-0.25, -0.2) is 4.68 Å². The van der Waals surface area contributed by atoms with Crippen LogP contribution in [0, 0.1) is 6.92 Å². The lowest BCUT2D eigenvalue weighted by atomic mass is 10.3. The van der Waals surface area contributed by atoms with Crippen molar-refractivity contribution in [2.75, 3.05) is 5.73 Å². The van der Waals surface area contributed by atoms with E-state index in [1.807, 2.05) is 18.5 Å². The molecule has 0 fully saturated rings. The number of rotatable bonds is 4. The Morgan fingerprint density at radius 1 is 1.40 bits per heavy atom. The van der Waals surface area contributed by atoms with Crippen LogP contribution in [0.5, 0.6) is 0 Å². The van der Waals surface area contributed by atoms with Gasteiger partial charge in [-0.05, 0) is 26.7 Å². The minimum atomic E-state index is -0.0460. The van der Waals surface area contributed by atoms with Crippen LogP contribution in [-0.2, 0) is 6.54 Å². The summed E-state index contributed by atoms with van der Waals surface area (Å²) in [5.74, 6) is 0. The fourth-order valence-corrected chi connectivity index (χ4v) is 1.79. The first-order chi connectivity index (χ1) is 7.04. The van der Waals surface area contributed by atoms with Crippen molar-refractivity contribution in [1.82, 2.24) is 9.36 Å². The molecule has 0 saturated carbocycles. The molecule has 0 radical (unpaired) electrons. The van der Waals surface area contributed by atoms with Gasteiger partial charge in [0.1, 0.15) is 5.69 Å². The Kier molecular flexibility index (Phi) is 3.61. The number of anilines is 1. The molecule has 0 saturated heterocycles. The predicted molar refractivity (Wildman–Crippen MR) is 63.1 cm³/mol. The molecule has 1 rings (SSSR count). The molecule has 1 heterocycles. The summed E-state index contributed by atoms with van der Waals surface area (Å²) in [6.07, 6.45) is 1.94. The molecule has 15 heavy (non-hydrogen) atoms. The molecular formula is C11H21N3O. The summed E-state index contributed by atoms with van der Waals surface area (Å²) in [6.45, 7) is 8.98. The maximum Gasteiger partial charge on any atom is 0.290 e. The maximum atomic E-state index is 11.9. The zero-order valence-electron chi connectivity index (χ0n) is 10.1. The molecule has 2 N–H and O–H groups in total. The van der Waals surface area contributed by atoms with E-state index in [1.165, 1.54) is 0 Å². The van der Waals surface area contributed by atoms with Crippen molar-refractivity contribution >= 4 is 5.69 Å². The summed E-state index contributed by atoms with van der Waals surface area (Å²) in [6, 6.07) is 0.208. The molecule has 0 aliphatic heterocycles. The Morgan fingerprint density at radius 2 is 2.00 bits per heavy atom. The number of hydrogen-bond acceptors (Lipinski definition) is 2. The Labute approximate surface area is 90.7 Å². The molecular weight excluding hydrogens is 190 g/mol. The van der Waals surface area contributed by atoms with E-state index in [4.69, 9.17) is 5.73 Å². The van der Waals surface area contributed by atoms with Crippen LogP contribution in [0.2, 0.25) is 0 Å². The first-order valence-electron chi connectivity index (χ1n) is 5.61. The van der Waals surface area contributed by atoms with Gasteiger partial charge in [-0.1, -0.05) is 13.8 Å². The zero-order valence-corrected chi connectivity index (χ0v) is 10.1. The van der Waals surface area contributed by atoms with Crippen LogP contribution in [0.15, 0.2) is 4.79 Å². The average molecular weight is 211 g/mol. The fourth-order valence-electron chi connectivity index (χ4n) is 1.79. The summed E-state index contributed by atoms with van der Waals surface area (Å²) in [4.78, 5) is 11.9. The van der Waals surface area contributed by atoms with Gasteiger partial charge in [-0.15, -0.1) is 0 Å².